The van der Waals surface area contributed by atoms with Crippen molar-refractivity contribution in [3.63, 3.8) is 0 Å². The van der Waals surface area contributed by atoms with Crippen LogP contribution in [-0.2, 0) is 32.3 Å². The van der Waals surface area contributed by atoms with Gasteiger partial charge < -0.3 is 43.8 Å². The molecule has 13 heteroatoms. The molecular formula is C48H61FN2O10. The van der Waals surface area contributed by atoms with E-state index in [1.54, 1.807) is 42.2 Å². The topological polar surface area (TPSA) is 149 Å². The molecule has 0 radical (unpaired) electrons. The summed E-state index contributed by atoms with van der Waals surface area (Å²) in [5, 5.41) is 34.2. The zero-order valence-electron chi connectivity index (χ0n) is 35.2. The number of carbonyl (C=O) groups excluding carboxylic acids is 1. The van der Waals surface area contributed by atoms with Crippen molar-refractivity contribution in [3.8, 4) is 11.5 Å². The third-order valence-electron chi connectivity index (χ3n) is 11.8. The maximum atomic E-state index is 14.7. The van der Waals surface area contributed by atoms with Crippen LogP contribution in [0.3, 0.4) is 0 Å². The molecule has 2 aliphatic carbocycles. The third kappa shape index (κ3) is 11.0. The molecule has 1 saturated carbocycles. The minimum atomic E-state index is -1.50. The minimum absolute atomic E-state index is 0.00988. The average molecular weight is 845 g/mol. The second kappa shape index (κ2) is 22.9. The van der Waals surface area contributed by atoms with Crippen molar-refractivity contribution in [2.45, 2.75) is 82.8 Å². The fraction of sp³-hybridized carbons (Fsp3) is 0.500. The number of ether oxygens (including phenoxy) is 5. The molecule has 0 aromatic heterocycles. The van der Waals surface area contributed by atoms with Gasteiger partial charge in [0, 0.05) is 43.2 Å². The number of carbonyl (C=O) groups is 1. The van der Waals surface area contributed by atoms with E-state index >= 15 is 0 Å². The molecule has 0 bridgehead atoms. The van der Waals surface area contributed by atoms with E-state index in [1.807, 2.05) is 42.5 Å². The van der Waals surface area contributed by atoms with Crippen LogP contribution in [0.5, 0.6) is 11.5 Å². The van der Waals surface area contributed by atoms with Crippen molar-refractivity contribution in [1.29, 1.82) is 0 Å². The lowest BCUT2D eigenvalue weighted by molar-refractivity contribution is -0.256. The molecule has 1 amide bonds. The van der Waals surface area contributed by atoms with Gasteiger partial charge in [0.05, 0.1) is 44.7 Å². The number of nitrogens with zero attached hydrogens (tertiary/aromatic N) is 2. The van der Waals surface area contributed by atoms with Crippen LogP contribution in [0.2, 0.25) is 0 Å². The number of aliphatic hydroxyl groups is 3. The summed E-state index contributed by atoms with van der Waals surface area (Å²) < 4.78 is 46.7. The molecule has 0 saturated heterocycles. The smallest absolute Gasteiger partial charge is 0.410 e. The van der Waals surface area contributed by atoms with Crippen LogP contribution >= 0.6 is 0 Å². The summed E-state index contributed by atoms with van der Waals surface area (Å²) in [4.78, 5) is 21.9. The van der Waals surface area contributed by atoms with Gasteiger partial charge in [-0.2, -0.15) is 0 Å². The Morgan fingerprint density at radius 2 is 1.74 bits per heavy atom. The van der Waals surface area contributed by atoms with Crippen LogP contribution in [0, 0.1) is 23.6 Å². The second-order valence-electron chi connectivity index (χ2n) is 15.6. The van der Waals surface area contributed by atoms with E-state index in [0.29, 0.717) is 35.6 Å². The summed E-state index contributed by atoms with van der Waals surface area (Å²) in [5.74, 6) is -1.59. The average Bonchev–Trinajstić information content (AvgIpc) is 3.27. The van der Waals surface area contributed by atoms with Crippen molar-refractivity contribution >= 4 is 11.8 Å². The molecule has 3 aromatic rings. The summed E-state index contributed by atoms with van der Waals surface area (Å²) in [6.45, 7) is 6.46. The van der Waals surface area contributed by atoms with Gasteiger partial charge in [0.2, 0.25) is 5.79 Å². The molecule has 3 aromatic carbocycles. The molecule has 61 heavy (non-hydrogen) atoms. The first-order valence-electron chi connectivity index (χ1n) is 21.6. The van der Waals surface area contributed by atoms with Gasteiger partial charge in [-0.15, -0.1) is 6.58 Å². The molecule has 6 unspecified atom stereocenters. The van der Waals surface area contributed by atoms with Gasteiger partial charge in [0.25, 0.3) is 0 Å². The molecule has 3 N–H and O–H groups in total. The molecule has 1 fully saturated rings. The van der Waals surface area contributed by atoms with Crippen LogP contribution in [-0.4, -0.2) is 96.6 Å². The quantitative estimate of drug-likeness (QED) is 0.0466. The van der Waals surface area contributed by atoms with Crippen molar-refractivity contribution in [1.82, 2.24) is 4.90 Å². The molecule has 0 spiro atoms. The van der Waals surface area contributed by atoms with E-state index in [4.69, 9.17) is 33.7 Å². The van der Waals surface area contributed by atoms with Gasteiger partial charge >= 0.3 is 6.09 Å². The van der Waals surface area contributed by atoms with E-state index in [9.17, 15) is 24.5 Å². The zero-order valence-corrected chi connectivity index (χ0v) is 35.2. The molecule has 330 valence electrons. The number of hydrogen-bond donors (Lipinski definition) is 3. The molecule has 6 atom stereocenters. The van der Waals surface area contributed by atoms with Gasteiger partial charge in [-0.3, -0.25) is 4.90 Å². The normalized spacial score (nSPS) is 23.3. The Morgan fingerprint density at radius 3 is 2.48 bits per heavy atom. The van der Waals surface area contributed by atoms with Crippen molar-refractivity contribution < 1.29 is 53.0 Å². The summed E-state index contributed by atoms with van der Waals surface area (Å²) in [7, 11) is 0. The van der Waals surface area contributed by atoms with Gasteiger partial charge in [-0.05, 0) is 79.8 Å². The van der Waals surface area contributed by atoms with Gasteiger partial charge in [-0.1, -0.05) is 78.7 Å². The first-order chi connectivity index (χ1) is 29.9. The summed E-state index contributed by atoms with van der Waals surface area (Å²) in [6, 6.07) is 21.1. The number of hydrogen-bond acceptors (Lipinski definition) is 11. The Bertz CT molecular complexity index is 1930. The number of benzene rings is 3. The summed E-state index contributed by atoms with van der Waals surface area (Å²) in [5.41, 5.74) is 3.76. The fourth-order valence-corrected chi connectivity index (χ4v) is 9.18. The molecular weight excluding hydrogens is 784 g/mol. The van der Waals surface area contributed by atoms with E-state index in [-0.39, 0.29) is 96.0 Å². The van der Waals surface area contributed by atoms with E-state index in [2.05, 4.69) is 12.7 Å². The van der Waals surface area contributed by atoms with Crippen LogP contribution in [0.25, 0.3) is 0 Å². The highest BCUT2D eigenvalue weighted by atomic mass is 19.1. The summed E-state index contributed by atoms with van der Waals surface area (Å²) >= 11 is 0. The SMILES string of the molecule is C=CCOC12Oc3ccc(OCc4ccccc4F)cc3C3C(CCCCO)C(CCCCO)C=C(C(=NOCc4ccccc4)CC1N(CCOCCO)C(=O)OCC)C32. The standard InChI is InChI=1S/C48H61FN2O10/c1-3-26-59-48-44(51(47(55)57-4-2)22-27-56-28-25-54)31-42(50-60-32-34-14-6-5-7-15-34)39-29-35(16-10-12-23-52)38(18-11-13-24-53)45(46(39)48)40-30-37(20-21-43(40)61-48)58-33-36-17-8-9-19-41(36)49/h3,5-9,14-15,17,19-21,29-30,35,38,44-46,52-54H,1,4,10-13,16,18,22-28,31-33H2,2H3. The number of aliphatic hydroxyl groups excluding tert-OH is 3. The molecule has 3 aliphatic rings. The van der Waals surface area contributed by atoms with Crippen LogP contribution < -0.4 is 9.47 Å². The Labute approximate surface area is 358 Å². The monoisotopic (exact) mass is 844 g/mol. The number of oxime groups is 1. The van der Waals surface area contributed by atoms with Gasteiger partial charge in [0.1, 0.15) is 36.6 Å². The largest absolute Gasteiger partial charge is 0.489 e. The van der Waals surface area contributed by atoms with Crippen LogP contribution in [0.1, 0.15) is 74.5 Å². The lowest BCUT2D eigenvalue weighted by atomic mass is 9.55. The van der Waals surface area contributed by atoms with E-state index in [1.165, 1.54) is 6.07 Å². The lowest BCUT2D eigenvalue weighted by Crippen LogP contribution is -2.70. The first-order valence-corrected chi connectivity index (χ1v) is 21.6. The zero-order chi connectivity index (χ0) is 43.0. The predicted molar refractivity (Wildman–Crippen MR) is 229 cm³/mol. The molecule has 12 nitrogen and oxygen atoms in total. The van der Waals surface area contributed by atoms with E-state index < -0.39 is 23.8 Å². The second-order valence-corrected chi connectivity index (χ2v) is 15.6. The molecule has 1 aliphatic heterocycles. The van der Waals surface area contributed by atoms with Crippen molar-refractivity contribution in [3.05, 3.63) is 120 Å². The highest BCUT2D eigenvalue weighted by Gasteiger charge is 2.65. The molecule has 6 rings (SSSR count). The minimum Gasteiger partial charge on any atom is -0.489 e. The fourth-order valence-electron chi connectivity index (χ4n) is 9.18. The highest BCUT2D eigenvalue weighted by molar-refractivity contribution is 6.03. The van der Waals surface area contributed by atoms with Gasteiger partial charge in [0.15, 0.2) is 0 Å². The number of halogens is 1. The van der Waals surface area contributed by atoms with Crippen molar-refractivity contribution in [2.24, 2.45) is 22.9 Å². The first kappa shape index (κ1) is 45.7. The van der Waals surface area contributed by atoms with Crippen molar-refractivity contribution in [2.75, 3.05) is 52.8 Å². The predicted octanol–water partition coefficient (Wildman–Crippen LogP) is 7.71. The Balaban J connectivity index is 1.55. The highest BCUT2D eigenvalue weighted by Crippen LogP contribution is 2.62. The maximum Gasteiger partial charge on any atom is 0.410 e. The number of fused-ring (bicyclic) bond motifs is 2. The third-order valence-corrected chi connectivity index (χ3v) is 11.8. The Hall–Kier alpha value is -4.79. The Morgan fingerprint density at radius 1 is 0.967 bits per heavy atom. The number of unbranched alkanes of at least 4 members (excludes halogenated alkanes) is 2. The van der Waals surface area contributed by atoms with Crippen LogP contribution in [0.4, 0.5) is 9.18 Å². The van der Waals surface area contributed by atoms with E-state index in [0.717, 1.165) is 42.4 Å². The van der Waals surface area contributed by atoms with Crippen LogP contribution in [0.15, 0.2) is 102 Å². The number of allylic oxidation sites excluding steroid dienone is 1. The Kier molecular flexibility index (Phi) is 17.2. The number of amides is 1. The van der Waals surface area contributed by atoms with Gasteiger partial charge in [-0.25, -0.2) is 9.18 Å². The maximum absolute atomic E-state index is 14.7. The molecule has 1 heterocycles. The number of rotatable bonds is 24. The summed E-state index contributed by atoms with van der Waals surface area (Å²) in [6.07, 6.45) is 7.88. The lowest BCUT2D eigenvalue weighted by Gasteiger charge is -2.59.